The summed E-state index contributed by atoms with van der Waals surface area (Å²) in [5.74, 6) is 7.45. The molecule has 2 aromatic heterocycles. The van der Waals surface area contributed by atoms with Crippen LogP contribution in [0.3, 0.4) is 0 Å². The second-order valence-corrected chi connectivity index (χ2v) is 4.48. The number of hydrogen-bond donors (Lipinski definition) is 2. The van der Waals surface area contributed by atoms with Crippen molar-refractivity contribution < 1.29 is 0 Å². The number of thioether (sulfide) groups is 1. The van der Waals surface area contributed by atoms with Gasteiger partial charge in [0.1, 0.15) is 11.6 Å². The van der Waals surface area contributed by atoms with Gasteiger partial charge >= 0.3 is 0 Å². The molecule has 2 aromatic rings. The van der Waals surface area contributed by atoms with Crippen molar-refractivity contribution >= 4 is 17.6 Å². The number of hydrazine groups is 1. The van der Waals surface area contributed by atoms with E-state index in [9.17, 15) is 0 Å². The minimum Gasteiger partial charge on any atom is -0.308 e. The number of anilines is 1. The molecule has 0 fully saturated rings. The van der Waals surface area contributed by atoms with Crippen molar-refractivity contribution in [3.05, 3.63) is 42.1 Å². The lowest BCUT2D eigenvalue weighted by molar-refractivity contribution is 0.990. The fraction of sp³-hybridized carbons (Fsp3) is 0.182. The van der Waals surface area contributed by atoms with Crippen LogP contribution in [0.5, 0.6) is 0 Å². The Bertz CT molecular complexity index is 488. The first-order valence-corrected chi connectivity index (χ1v) is 6.10. The molecule has 5 nitrogen and oxygen atoms in total. The number of hydrogen-bond acceptors (Lipinski definition) is 6. The van der Waals surface area contributed by atoms with E-state index in [0.717, 1.165) is 16.4 Å². The van der Waals surface area contributed by atoms with Gasteiger partial charge in [-0.2, -0.15) is 0 Å². The zero-order valence-corrected chi connectivity index (χ0v) is 10.2. The molecular formula is C11H13N5S. The molecule has 0 unspecified atom stereocenters. The monoisotopic (exact) mass is 247 g/mol. The summed E-state index contributed by atoms with van der Waals surface area (Å²) in [7, 11) is 0. The Morgan fingerprint density at radius 1 is 1.29 bits per heavy atom. The lowest BCUT2D eigenvalue weighted by Crippen LogP contribution is -2.10. The molecule has 88 valence electrons. The van der Waals surface area contributed by atoms with Crippen LogP contribution >= 0.6 is 11.8 Å². The van der Waals surface area contributed by atoms with Crippen molar-refractivity contribution in [2.45, 2.75) is 17.6 Å². The van der Waals surface area contributed by atoms with Crippen molar-refractivity contribution in [2.75, 3.05) is 5.43 Å². The van der Waals surface area contributed by atoms with Crippen molar-refractivity contribution in [3.63, 3.8) is 0 Å². The zero-order valence-electron chi connectivity index (χ0n) is 9.42. The smallest absolute Gasteiger partial charge is 0.143 e. The maximum Gasteiger partial charge on any atom is 0.143 e. The van der Waals surface area contributed by atoms with Gasteiger partial charge < -0.3 is 5.43 Å². The van der Waals surface area contributed by atoms with Gasteiger partial charge in [-0.05, 0) is 19.1 Å². The highest BCUT2D eigenvalue weighted by atomic mass is 32.2. The number of rotatable bonds is 4. The number of aromatic nitrogens is 3. The lowest BCUT2D eigenvalue weighted by atomic mass is 10.4. The van der Waals surface area contributed by atoms with E-state index in [1.807, 2.05) is 19.1 Å². The van der Waals surface area contributed by atoms with E-state index in [1.165, 1.54) is 0 Å². The summed E-state index contributed by atoms with van der Waals surface area (Å²) in [4.78, 5) is 13.8. The summed E-state index contributed by atoms with van der Waals surface area (Å²) < 4.78 is 0. The molecule has 6 heteroatoms. The molecule has 0 saturated heterocycles. The molecule has 3 N–H and O–H groups in total. The highest BCUT2D eigenvalue weighted by Crippen LogP contribution is 2.20. The number of aryl methyl sites for hydroxylation is 1. The topological polar surface area (TPSA) is 76.7 Å². The minimum atomic E-state index is 0.642. The second-order valence-electron chi connectivity index (χ2n) is 3.43. The van der Waals surface area contributed by atoms with E-state index in [0.29, 0.717) is 11.6 Å². The summed E-state index contributed by atoms with van der Waals surface area (Å²) in [5.41, 5.74) is 3.44. The number of nitrogen functional groups attached to an aromatic ring is 1. The van der Waals surface area contributed by atoms with Crippen LogP contribution in [0, 0.1) is 6.92 Å². The van der Waals surface area contributed by atoms with Gasteiger partial charge in [0, 0.05) is 29.0 Å². The molecule has 2 heterocycles. The van der Waals surface area contributed by atoms with Crippen LogP contribution in [0.2, 0.25) is 0 Å². The second kappa shape index (κ2) is 5.60. The van der Waals surface area contributed by atoms with Gasteiger partial charge in [0.15, 0.2) is 0 Å². The molecule has 0 aliphatic rings. The first kappa shape index (κ1) is 11.8. The van der Waals surface area contributed by atoms with E-state index >= 15 is 0 Å². The van der Waals surface area contributed by atoms with Crippen molar-refractivity contribution in [2.24, 2.45) is 5.84 Å². The number of pyridine rings is 1. The molecule has 0 radical (unpaired) electrons. The summed E-state index contributed by atoms with van der Waals surface area (Å²) >= 11 is 1.67. The Kier molecular flexibility index (Phi) is 3.89. The molecule has 0 spiro atoms. The van der Waals surface area contributed by atoms with Gasteiger partial charge in [0.25, 0.3) is 0 Å². The average molecular weight is 247 g/mol. The molecule has 17 heavy (non-hydrogen) atoms. The molecular weight excluding hydrogens is 234 g/mol. The SMILES string of the molecule is Cc1cc(NN)nc(CSc2ccncc2)n1. The van der Waals surface area contributed by atoms with E-state index in [-0.39, 0.29) is 0 Å². The quantitative estimate of drug-likeness (QED) is 0.487. The molecule has 0 aromatic carbocycles. The average Bonchev–Trinajstić information content (AvgIpc) is 2.37. The first-order valence-electron chi connectivity index (χ1n) is 5.12. The van der Waals surface area contributed by atoms with Crippen molar-refractivity contribution in [3.8, 4) is 0 Å². The van der Waals surface area contributed by atoms with Gasteiger partial charge in [-0.3, -0.25) is 4.98 Å². The number of nitrogens with two attached hydrogens (primary N) is 1. The third-order valence-electron chi connectivity index (χ3n) is 2.07. The summed E-state index contributed by atoms with van der Waals surface area (Å²) in [6.45, 7) is 1.92. The van der Waals surface area contributed by atoms with Crippen LogP contribution in [0.25, 0.3) is 0 Å². The van der Waals surface area contributed by atoms with Crippen LogP contribution in [0.15, 0.2) is 35.5 Å². The molecule has 0 bridgehead atoms. The molecule has 0 aliphatic carbocycles. The van der Waals surface area contributed by atoms with E-state index in [1.54, 1.807) is 30.2 Å². The Morgan fingerprint density at radius 2 is 2.06 bits per heavy atom. The Morgan fingerprint density at radius 3 is 2.76 bits per heavy atom. The van der Waals surface area contributed by atoms with Crippen LogP contribution in [-0.4, -0.2) is 15.0 Å². The predicted octanol–water partition coefficient (Wildman–Crippen LogP) is 1.76. The standard InChI is InChI=1S/C11H13N5S/c1-8-6-10(16-12)15-11(14-8)7-17-9-2-4-13-5-3-9/h2-6H,7,12H2,1H3,(H,14,15,16). The molecule has 0 atom stereocenters. The van der Waals surface area contributed by atoms with Crippen LogP contribution in [-0.2, 0) is 5.75 Å². The van der Waals surface area contributed by atoms with Crippen LogP contribution in [0.1, 0.15) is 11.5 Å². The van der Waals surface area contributed by atoms with Gasteiger partial charge in [-0.1, -0.05) is 0 Å². The van der Waals surface area contributed by atoms with Crippen molar-refractivity contribution in [1.82, 2.24) is 15.0 Å². The molecule has 2 rings (SSSR count). The first-order chi connectivity index (χ1) is 8.28. The Labute approximate surface area is 104 Å². The van der Waals surface area contributed by atoms with E-state index < -0.39 is 0 Å². The maximum absolute atomic E-state index is 5.34. The maximum atomic E-state index is 5.34. The minimum absolute atomic E-state index is 0.642. The van der Waals surface area contributed by atoms with Gasteiger partial charge in [-0.15, -0.1) is 11.8 Å². The number of nitrogens with zero attached hydrogens (tertiary/aromatic N) is 3. The Hall–Kier alpha value is -1.66. The summed E-state index contributed by atoms with van der Waals surface area (Å²) in [5, 5.41) is 0. The van der Waals surface area contributed by atoms with Gasteiger partial charge in [0.05, 0.1) is 5.75 Å². The Balaban J connectivity index is 2.06. The zero-order chi connectivity index (χ0) is 12.1. The van der Waals surface area contributed by atoms with Crippen LogP contribution < -0.4 is 11.3 Å². The third kappa shape index (κ3) is 3.40. The fourth-order valence-corrected chi connectivity index (χ4v) is 2.09. The van der Waals surface area contributed by atoms with Crippen LogP contribution in [0.4, 0.5) is 5.82 Å². The third-order valence-corrected chi connectivity index (χ3v) is 3.07. The van der Waals surface area contributed by atoms with Gasteiger partial charge in [-0.25, -0.2) is 15.8 Å². The molecule has 0 saturated carbocycles. The van der Waals surface area contributed by atoms with Crippen molar-refractivity contribution in [1.29, 1.82) is 0 Å². The summed E-state index contributed by atoms with van der Waals surface area (Å²) in [6, 6.07) is 5.73. The summed E-state index contributed by atoms with van der Waals surface area (Å²) in [6.07, 6.45) is 3.54. The fourth-order valence-electron chi connectivity index (χ4n) is 1.35. The largest absolute Gasteiger partial charge is 0.308 e. The highest BCUT2D eigenvalue weighted by Gasteiger charge is 2.02. The lowest BCUT2D eigenvalue weighted by Gasteiger charge is -2.05. The molecule has 0 aliphatic heterocycles. The van der Waals surface area contributed by atoms with Gasteiger partial charge in [0.2, 0.25) is 0 Å². The highest BCUT2D eigenvalue weighted by molar-refractivity contribution is 7.98. The number of nitrogens with one attached hydrogen (secondary N) is 1. The van der Waals surface area contributed by atoms with E-state index in [2.05, 4.69) is 20.4 Å². The van der Waals surface area contributed by atoms with E-state index in [4.69, 9.17) is 5.84 Å². The predicted molar refractivity (Wildman–Crippen MR) is 68.4 cm³/mol. The normalized spacial score (nSPS) is 10.2. The molecule has 0 amide bonds.